The van der Waals surface area contributed by atoms with Crippen LogP contribution >= 0.6 is 0 Å². The van der Waals surface area contributed by atoms with Crippen LogP contribution in [0.25, 0.3) is 0 Å². The third-order valence-corrected chi connectivity index (χ3v) is 4.12. The highest BCUT2D eigenvalue weighted by Crippen LogP contribution is 2.48. The second-order valence-electron chi connectivity index (χ2n) is 7.16. The molecule has 1 N–H and O–H groups in total. The summed E-state index contributed by atoms with van der Waals surface area (Å²) in [6, 6.07) is 4.47. The van der Waals surface area contributed by atoms with Crippen LogP contribution in [0, 0.1) is 6.92 Å². The van der Waals surface area contributed by atoms with Crippen molar-refractivity contribution >= 4 is 5.69 Å². The number of hydrogen-bond acceptors (Lipinski definition) is 2. The maximum atomic E-state index is 10.5. The van der Waals surface area contributed by atoms with Crippen LogP contribution in [0.1, 0.15) is 51.3 Å². The molecule has 0 spiro atoms. The molecule has 0 amide bonds. The number of rotatable bonds is 0. The predicted molar refractivity (Wildman–Crippen MR) is 77.3 cm³/mol. The SMILES string of the molecule is Cc1cc(C(C)(C)C)c2c(c1)C(C)(C)C(O)N2C. The Balaban J connectivity index is 2.77. The van der Waals surface area contributed by atoms with Gasteiger partial charge in [-0.05, 0) is 23.5 Å². The summed E-state index contributed by atoms with van der Waals surface area (Å²) < 4.78 is 0. The summed E-state index contributed by atoms with van der Waals surface area (Å²) in [5.74, 6) is 0. The lowest BCUT2D eigenvalue weighted by Crippen LogP contribution is -2.39. The smallest absolute Gasteiger partial charge is 0.135 e. The zero-order valence-electron chi connectivity index (χ0n) is 12.6. The second-order valence-corrected chi connectivity index (χ2v) is 7.16. The van der Waals surface area contributed by atoms with Crippen LogP contribution in [0.2, 0.25) is 0 Å². The molecule has 0 aromatic heterocycles. The molecule has 18 heavy (non-hydrogen) atoms. The number of likely N-dealkylation sites (N-methyl/N-ethyl adjacent to an activating group) is 1. The lowest BCUT2D eigenvalue weighted by atomic mass is 9.79. The fourth-order valence-corrected chi connectivity index (χ4v) is 2.97. The Morgan fingerprint density at radius 3 is 2.28 bits per heavy atom. The minimum Gasteiger partial charge on any atom is -0.373 e. The van der Waals surface area contributed by atoms with Gasteiger partial charge in [0.25, 0.3) is 0 Å². The zero-order valence-corrected chi connectivity index (χ0v) is 12.6. The van der Waals surface area contributed by atoms with E-state index in [2.05, 4.69) is 53.7 Å². The molecule has 1 aromatic rings. The second kappa shape index (κ2) is 3.74. The molecule has 0 saturated carbocycles. The standard InChI is InChI=1S/C16H25NO/c1-10-8-11(15(2,3)4)13-12(9-10)16(5,6)14(18)17(13)7/h8-9,14,18H,1-7H3. The van der Waals surface area contributed by atoms with Crippen molar-refractivity contribution in [2.24, 2.45) is 0 Å². The van der Waals surface area contributed by atoms with E-state index >= 15 is 0 Å². The number of fused-ring (bicyclic) bond motifs is 1. The molecule has 0 radical (unpaired) electrons. The molecule has 0 fully saturated rings. The van der Waals surface area contributed by atoms with Crippen LogP contribution in [0.3, 0.4) is 0 Å². The highest BCUT2D eigenvalue weighted by atomic mass is 16.3. The van der Waals surface area contributed by atoms with Gasteiger partial charge >= 0.3 is 0 Å². The summed E-state index contributed by atoms with van der Waals surface area (Å²) in [7, 11) is 1.99. The van der Waals surface area contributed by atoms with Gasteiger partial charge in [0.1, 0.15) is 6.23 Å². The summed E-state index contributed by atoms with van der Waals surface area (Å²) >= 11 is 0. The van der Waals surface area contributed by atoms with Gasteiger partial charge in [0, 0.05) is 18.2 Å². The third kappa shape index (κ3) is 1.74. The number of benzene rings is 1. The molecule has 1 aromatic carbocycles. The number of nitrogens with zero attached hydrogens (tertiary/aromatic N) is 1. The van der Waals surface area contributed by atoms with E-state index in [1.54, 1.807) is 0 Å². The van der Waals surface area contributed by atoms with Crippen LogP contribution in [-0.4, -0.2) is 18.4 Å². The zero-order chi connectivity index (χ0) is 13.9. The summed E-state index contributed by atoms with van der Waals surface area (Å²) in [6.45, 7) is 13.1. The molecule has 2 rings (SSSR count). The Bertz CT molecular complexity index is 483. The van der Waals surface area contributed by atoms with E-state index in [0.29, 0.717) is 0 Å². The highest BCUT2D eigenvalue weighted by molar-refractivity contribution is 5.69. The van der Waals surface area contributed by atoms with Gasteiger partial charge < -0.3 is 10.0 Å². The van der Waals surface area contributed by atoms with Gasteiger partial charge in [0.2, 0.25) is 0 Å². The summed E-state index contributed by atoms with van der Waals surface area (Å²) in [5, 5.41) is 10.5. The first-order chi connectivity index (χ1) is 8.06. The normalized spacial score (nSPS) is 22.2. The van der Waals surface area contributed by atoms with Crippen molar-refractivity contribution in [1.29, 1.82) is 0 Å². The van der Waals surface area contributed by atoms with E-state index in [1.165, 1.54) is 22.4 Å². The maximum Gasteiger partial charge on any atom is 0.135 e. The van der Waals surface area contributed by atoms with E-state index in [9.17, 15) is 5.11 Å². The van der Waals surface area contributed by atoms with Crippen molar-refractivity contribution in [1.82, 2.24) is 0 Å². The number of aliphatic hydroxyl groups excluding tert-OH is 1. The first-order valence-electron chi connectivity index (χ1n) is 6.63. The summed E-state index contributed by atoms with van der Waals surface area (Å²) in [4.78, 5) is 2.02. The summed E-state index contributed by atoms with van der Waals surface area (Å²) in [6.07, 6.45) is -0.449. The van der Waals surface area contributed by atoms with Gasteiger partial charge in [-0.2, -0.15) is 0 Å². The average Bonchev–Trinajstić information content (AvgIpc) is 2.39. The van der Waals surface area contributed by atoms with Gasteiger partial charge in [-0.25, -0.2) is 0 Å². The minimum absolute atomic E-state index is 0.0878. The van der Waals surface area contributed by atoms with Gasteiger partial charge in [0.05, 0.1) is 0 Å². The molecule has 0 saturated heterocycles. The third-order valence-electron chi connectivity index (χ3n) is 4.12. The largest absolute Gasteiger partial charge is 0.373 e. The topological polar surface area (TPSA) is 23.5 Å². The van der Waals surface area contributed by atoms with E-state index in [0.717, 1.165) is 0 Å². The van der Waals surface area contributed by atoms with Crippen molar-refractivity contribution in [2.75, 3.05) is 11.9 Å². The van der Waals surface area contributed by atoms with Crippen LogP contribution in [0.4, 0.5) is 5.69 Å². The van der Waals surface area contributed by atoms with Crippen molar-refractivity contribution in [3.05, 3.63) is 28.8 Å². The van der Waals surface area contributed by atoms with Crippen LogP contribution in [-0.2, 0) is 10.8 Å². The molecule has 0 aliphatic carbocycles. The Morgan fingerprint density at radius 2 is 1.78 bits per heavy atom. The minimum atomic E-state index is -0.449. The molecular weight excluding hydrogens is 222 g/mol. The lowest BCUT2D eigenvalue weighted by Gasteiger charge is -2.28. The monoisotopic (exact) mass is 247 g/mol. The van der Waals surface area contributed by atoms with Crippen LogP contribution < -0.4 is 4.90 Å². The molecule has 1 aliphatic heterocycles. The van der Waals surface area contributed by atoms with Gasteiger partial charge in [-0.3, -0.25) is 0 Å². The first-order valence-corrected chi connectivity index (χ1v) is 6.63. The van der Waals surface area contributed by atoms with E-state index in [4.69, 9.17) is 0 Å². The molecule has 2 heteroatoms. The molecular formula is C16H25NO. The number of hydrogen-bond donors (Lipinski definition) is 1. The van der Waals surface area contributed by atoms with Crippen molar-refractivity contribution in [3.8, 4) is 0 Å². The molecule has 1 atom stereocenters. The molecule has 1 heterocycles. The first kappa shape index (κ1) is 13.4. The molecule has 2 nitrogen and oxygen atoms in total. The number of aryl methyl sites for hydroxylation is 1. The van der Waals surface area contributed by atoms with Crippen molar-refractivity contribution in [2.45, 2.75) is 58.6 Å². The predicted octanol–water partition coefficient (Wildman–Crippen LogP) is 3.34. The van der Waals surface area contributed by atoms with Crippen LogP contribution in [0.5, 0.6) is 0 Å². The van der Waals surface area contributed by atoms with Gasteiger partial charge in [0.15, 0.2) is 0 Å². The number of aliphatic hydroxyl groups is 1. The lowest BCUT2D eigenvalue weighted by molar-refractivity contribution is 0.114. The highest BCUT2D eigenvalue weighted by Gasteiger charge is 2.44. The fourth-order valence-electron chi connectivity index (χ4n) is 2.97. The molecule has 100 valence electrons. The molecule has 0 bridgehead atoms. The maximum absolute atomic E-state index is 10.5. The number of anilines is 1. The Labute approximate surface area is 111 Å². The van der Waals surface area contributed by atoms with Crippen molar-refractivity contribution in [3.63, 3.8) is 0 Å². The Kier molecular flexibility index (Phi) is 2.78. The summed E-state index contributed by atoms with van der Waals surface area (Å²) in [5.41, 5.74) is 4.95. The molecule has 1 unspecified atom stereocenters. The average molecular weight is 247 g/mol. The van der Waals surface area contributed by atoms with Crippen LogP contribution in [0.15, 0.2) is 12.1 Å². The van der Waals surface area contributed by atoms with Gasteiger partial charge in [-0.1, -0.05) is 52.3 Å². The Morgan fingerprint density at radius 1 is 1.22 bits per heavy atom. The van der Waals surface area contributed by atoms with Gasteiger partial charge in [-0.15, -0.1) is 0 Å². The van der Waals surface area contributed by atoms with Crippen molar-refractivity contribution < 1.29 is 5.11 Å². The van der Waals surface area contributed by atoms with E-state index in [-0.39, 0.29) is 10.8 Å². The fraction of sp³-hybridized carbons (Fsp3) is 0.625. The van der Waals surface area contributed by atoms with E-state index in [1.807, 2.05) is 11.9 Å². The molecule has 1 aliphatic rings. The quantitative estimate of drug-likeness (QED) is 0.760. The van der Waals surface area contributed by atoms with E-state index < -0.39 is 6.23 Å². The Hall–Kier alpha value is -1.02.